The first kappa shape index (κ1) is 12.7. The van der Waals surface area contributed by atoms with Crippen LogP contribution in [0.5, 0.6) is 0 Å². The van der Waals surface area contributed by atoms with Crippen molar-refractivity contribution < 1.29 is 9.50 Å². The second-order valence-corrected chi connectivity index (χ2v) is 6.09. The number of aryl methyl sites for hydroxylation is 2. The average Bonchev–Trinajstić information content (AvgIpc) is 2.61. The second-order valence-electron chi connectivity index (χ2n) is 3.95. The van der Waals surface area contributed by atoms with Gasteiger partial charge >= 0.3 is 0 Å². The number of hydrogen-bond acceptors (Lipinski definition) is 2. The van der Waals surface area contributed by atoms with E-state index in [2.05, 4.69) is 15.9 Å². The molecule has 1 atom stereocenters. The van der Waals surface area contributed by atoms with Crippen molar-refractivity contribution in [2.24, 2.45) is 0 Å². The van der Waals surface area contributed by atoms with E-state index in [1.54, 1.807) is 18.2 Å². The van der Waals surface area contributed by atoms with E-state index in [1.807, 2.05) is 19.9 Å². The van der Waals surface area contributed by atoms with E-state index in [9.17, 15) is 9.50 Å². The molecule has 1 unspecified atom stereocenters. The number of thiophene rings is 1. The number of hydrogen-bond donors (Lipinski definition) is 1. The Morgan fingerprint density at radius 1 is 1.35 bits per heavy atom. The Labute approximate surface area is 112 Å². The van der Waals surface area contributed by atoms with Crippen LogP contribution in [0.2, 0.25) is 0 Å². The molecule has 0 bridgehead atoms. The predicted octanol–water partition coefficient (Wildman–Crippen LogP) is 4.35. The van der Waals surface area contributed by atoms with E-state index in [1.165, 1.54) is 11.3 Å². The molecule has 1 nitrogen and oxygen atoms in total. The molecule has 17 heavy (non-hydrogen) atoms. The highest BCUT2D eigenvalue weighted by molar-refractivity contribution is 9.10. The Morgan fingerprint density at radius 3 is 2.65 bits per heavy atom. The molecule has 90 valence electrons. The summed E-state index contributed by atoms with van der Waals surface area (Å²) in [6, 6.07) is 6.96. The molecule has 0 aliphatic carbocycles. The first-order chi connectivity index (χ1) is 8.00. The molecular weight excluding hydrogens is 303 g/mol. The molecule has 0 saturated carbocycles. The summed E-state index contributed by atoms with van der Waals surface area (Å²) < 4.78 is 14.2. The van der Waals surface area contributed by atoms with Crippen molar-refractivity contribution in [2.75, 3.05) is 0 Å². The zero-order valence-electron chi connectivity index (χ0n) is 9.50. The van der Waals surface area contributed by atoms with Crippen molar-refractivity contribution in [1.29, 1.82) is 0 Å². The zero-order valence-corrected chi connectivity index (χ0v) is 11.9. The molecule has 0 aliphatic rings. The van der Waals surface area contributed by atoms with Crippen LogP contribution in [-0.2, 0) is 0 Å². The largest absolute Gasteiger partial charge is 0.383 e. The number of aliphatic hydroxyl groups excluding tert-OH is 1. The Bertz CT molecular complexity index is 550. The molecular formula is C13H12BrFOS. The van der Waals surface area contributed by atoms with Gasteiger partial charge in [-0.1, -0.05) is 12.1 Å². The Hall–Kier alpha value is -0.710. The smallest absolute Gasteiger partial charge is 0.143 e. The molecule has 1 N–H and O–H groups in total. The Balaban J connectivity index is 2.47. The van der Waals surface area contributed by atoms with Crippen LogP contribution in [0.15, 0.2) is 28.7 Å². The van der Waals surface area contributed by atoms with Crippen molar-refractivity contribution >= 4 is 27.3 Å². The number of benzene rings is 1. The molecule has 0 fully saturated rings. The summed E-state index contributed by atoms with van der Waals surface area (Å²) in [4.78, 5) is 1.92. The fourth-order valence-electron chi connectivity index (χ4n) is 1.80. The highest BCUT2D eigenvalue weighted by Crippen LogP contribution is 2.34. The SMILES string of the molecule is Cc1cc(C)c(C(O)c2cccc(Br)c2F)s1. The van der Waals surface area contributed by atoms with Crippen molar-refractivity contribution in [3.05, 3.63) is 55.4 Å². The standard InChI is InChI=1S/C13H12BrFOS/c1-7-6-8(2)17-13(7)12(16)9-4-3-5-10(14)11(9)15/h3-6,12,16H,1-2H3. The van der Waals surface area contributed by atoms with Crippen LogP contribution in [0.4, 0.5) is 4.39 Å². The highest BCUT2D eigenvalue weighted by Gasteiger charge is 2.20. The lowest BCUT2D eigenvalue weighted by atomic mass is 10.1. The van der Waals surface area contributed by atoms with Crippen molar-refractivity contribution in [3.8, 4) is 0 Å². The lowest BCUT2D eigenvalue weighted by Gasteiger charge is -2.12. The van der Waals surface area contributed by atoms with Gasteiger partial charge in [-0.25, -0.2) is 4.39 Å². The molecule has 2 rings (SSSR count). The third-order valence-corrected chi connectivity index (χ3v) is 4.42. The van der Waals surface area contributed by atoms with Gasteiger partial charge in [0.2, 0.25) is 0 Å². The quantitative estimate of drug-likeness (QED) is 0.873. The monoisotopic (exact) mass is 314 g/mol. The fraction of sp³-hybridized carbons (Fsp3) is 0.231. The predicted molar refractivity (Wildman–Crippen MR) is 72.0 cm³/mol. The van der Waals surface area contributed by atoms with Crippen LogP contribution in [0.25, 0.3) is 0 Å². The van der Waals surface area contributed by atoms with Gasteiger partial charge in [0.05, 0.1) is 4.47 Å². The molecule has 1 aromatic heterocycles. The van der Waals surface area contributed by atoms with E-state index in [-0.39, 0.29) is 0 Å². The van der Waals surface area contributed by atoms with Crippen LogP contribution < -0.4 is 0 Å². The van der Waals surface area contributed by atoms with Gasteiger partial charge < -0.3 is 5.11 Å². The summed E-state index contributed by atoms with van der Waals surface area (Å²) in [5.41, 5.74) is 1.31. The second kappa shape index (κ2) is 4.88. The minimum Gasteiger partial charge on any atom is -0.383 e. The van der Waals surface area contributed by atoms with E-state index in [4.69, 9.17) is 0 Å². The van der Waals surface area contributed by atoms with Gasteiger partial charge in [0, 0.05) is 15.3 Å². The molecule has 0 saturated heterocycles. The van der Waals surface area contributed by atoms with Gasteiger partial charge in [-0.2, -0.15) is 0 Å². The minimum atomic E-state index is -0.897. The Morgan fingerprint density at radius 2 is 2.06 bits per heavy atom. The van der Waals surface area contributed by atoms with Crippen molar-refractivity contribution in [1.82, 2.24) is 0 Å². The number of rotatable bonds is 2. The van der Waals surface area contributed by atoms with Crippen LogP contribution in [-0.4, -0.2) is 5.11 Å². The third kappa shape index (κ3) is 2.44. The third-order valence-electron chi connectivity index (χ3n) is 2.60. The summed E-state index contributed by atoms with van der Waals surface area (Å²) >= 11 is 4.63. The lowest BCUT2D eigenvalue weighted by molar-refractivity contribution is 0.218. The van der Waals surface area contributed by atoms with E-state index in [0.717, 1.165) is 15.3 Å². The van der Waals surface area contributed by atoms with Crippen LogP contribution in [0.1, 0.15) is 27.0 Å². The van der Waals surface area contributed by atoms with Crippen molar-refractivity contribution in [3.63, 3.8) is 0 Å². The molecule has 1 heterocycles. The molecule has 0 amide bonds. The fourth-order valence-corrected chi connectivity index (χ4v) is 3.23. The van der Waals surface area contributed by atoms with Crippen LogP contribution >= 0.6 is 27.3 Å². The maximum atomic E-state index is 13.9. The lowest BCUT2D eigenvalue weighted by Crippen LogP contribution is -2.02. The van der Waals surface area contributed by atoms with Gasteiger partial charge in [-0.05, 0) is 47.5 Å². The minimum absolute atomic E-state index is 0.310. The summed E-state index contributed by atoms with van der Waals surface area (Å²) in [5, 5.41) is 10.2. The van der Waals surface area contributed by atoms with Gasteiger partial charge in [0.25, 0.3) is 0 Å². The number of aliphatic hydroxyl groups is 1. The number of halogens is 2. The van der Waals surface area contributed by atoms with Gasteiger partial charge in [-0.3, -0.25) is 0 Å². The first-order valence-electron chi connectivity index (χ1n) is 5.19. The molecule has 2 aromatic rings. The zero-order chi connectivity index (χ0) is 12.6. The molecule has 0 radical (unpaired) electrons. The topological polar surface area (TPSA) is 20.2 Å². The average molecular weight is 315 g/mol. The van der Waals surface area contributed by atoms with Gasteiger partial charge in [0.1, 0.15) is 11.9 Å². The van der Waals surface area contributed by atoms with Crippen molar-refractivity contribution in [2.45, 2.75) is 20.0 Å². The molecule has 0 aliphatic heterocycles. The van der Waals surface area contributed by atoms with E-state index < -0.39 is 11.9 Å². The maximum absolute atomic E-state index is 13.9. The molecule has 4 heteroatoms. The van der Waals surface area contributed by atoms with Gasteiger partial charge in [-0.15, -0.1) is 11.3 Å². The van der Waals surface area contributed by atoms with E-state index >= 15 is 0 Å². The summed E-state index contributed by atoms with van der Waals surface area (Å²) in [5.74, 6) is -0.398. The summed E-state index contributed by atoms with van der Waals surface area (Å²) in [6.45, 7) is 3.91. The summed E-state index contributed by atoms with van der Waals surface area (Å²) in [7, 11) is 0. The molecule has 1 aromatic carbocycles. The van der Waals surface area contributed by atoms with E-state index in [0.29, 0.717) is 10.0 Å². The Kier molecular flexibility index (Phi) is 3.66. The normalized spacial score (nSPS) is 12.8. The maximum Gasteiger partial charge on any atom is 0.143 e. The van der Waals surface area contributed by atoms with Gasteiger partial charge in [0.15, 0.2) is 0 Å². The summed E-state index contributed by atoms with van der Waals surface area (Å²) in [6.07, 6.45) is -0.897. The highest BCUT2D eigenvalue weighted by atomic mass is 79.9. The van der Waals surface area contributed by atoms with Crippen LogP contribution in [0.3, 0.4) is 0 Å². The first-order valence-corrected chi connectivity index (χ1v) is 6.80. The van der Waals surface area contributed by atoms with Crippen LogP contribution in [0, 0.1) is 19.7 Å². The molecule has 0 spiro atoms.